The molecule has 0 radical (unpaired) electrons. The lowest BCUT2D eigenvalue weighted by molar-refractivity contribution is -0.141. The second-order valence-corrected chi connectivity index (χ2v) is 3.98. The minimum atomic E-state index is -4.45. The number of rotatable bonds is 3. The summed E-state index contributed by atoms with van der Waals surface area (Å²) in [6, 6.07) is 1.18. The second-order valence-electron chi connectivity index (χ2n) is 3.98. The largest absolute Gasteiger partial charge is 0.433 e. The van der Waals surface area contributed by atoms with Crippen molar-refractivity contribution in [1.82, 2.24) is 9.97 Å². The summed E-state index contributed by atoms with van der Waals surface area (Å²) in [6.07, 6.45) is -1.40. The summed E-state index contributed by atoms with van der Waals surface area (Å²) in [6.45, 7) is 0. The zero-order valence-electron chi connectivity index (χ0n) is 9.30. The fourth-order valence-electron chi connectivity index (χ4n) is 1.54. The predicted octanol–water partition coefficient (Wildman–Crippen LogP) is 2.50. The third-order valence-electron chi connectivity index (χ3n) is 2.70. The van der Waals surface area contributed by atoms with Gasteiger partial charge in [0.05, 0.1) is 0 Å². The number of hydrogen-bond acceptors (Lipinski definition) is 4. The molecule has 2 rings (SSSR count). The molecule has 1 fully saturated rings. The molecule has 0 atom stereocenters. The first-order valence-electron chi connectivity index (χ1n) is 5.39. The standard InChI is InChI=1S/C10H13F3N4/c1-14-9-16-7(10(11,12)13)5-8(17-9)15-6-3-2-4-6/h5-6H,2-4H2,1H3,(H2,14,15,16,17). The zero-order valence-corrected chi connectivity index (χ0v) is 9.30. The number of alkyl halides is 3. The van der Waals surface area contributed by atoms with Gasteiger partial charge in [-0.3, -0.25) is 0 Å². The zero-order chi connectivity index (χ0) is 12.5. The van der Waals surface area contributed by atoms with E-state index in [4.69, 9.17) is 0 Å². The molecule has 2 N–H and O–H groups in total. The Morgan fingerprint density at radius 3 is 2.47 bits per heavy atom. The first-order valence-corrected chi connectivity index (χ1v) is 5.39. The molecule has 4 nitrogen and oxygen atoms in total. The minimum absolute atomic E-state index is 0.0263. The Labute approximate surface area is 96.7 Å². The summed E-state index contributed by atoms with van der Waals surface area (Å²) in [5, 5.41) is 5.50. The Balaban J connectivity index is 2.24. The smallest absolute Gasteiger partial charge is 0.367 e. The average molecular weight is 246 g/mol. The molecule has 1 aromatic heterocycles. The molecule has 0 spiro atoms. The summed E-state index contributed by atoms with van der Waals surface area (Å²) in [4.78, 5) is 7.34. The van der Waals surface area contributed by atoms with Crippen LogP contribution in [-0.4, -0.2) is 23.1 Å². The normalized spacial score (nSPS) is 16.5. The molecule has 0 saturated heterocycles. The average Bonchev–Trinajstić information content (AvgIpc) is 2.22. The van der Waals surface area contributed by atoms with E-state index in [0.29, 0.717) is 0 Å². The van der Waals surface area contributed by atoms with Gasteiger partial charge in [-0.15, -0.1) is 0 Å². The third-order valence-corrected chi connectivity index (χ3v) is 2.70. The van der Waals surface area contributed by atoms with Crippen molar-refractivity contribution in [3.8, 4) is 0 Å². The summed E-state index contributed by atoms with van der Waals surface area (Å²) in [5.41, 5.74) is -0.932. The van der Waals surface area contributed by atoms with Crippen molar-refractivity contribution < 1.29 is 13.2 Å². The van der Waals surface area contributed by atoms with Crippen LogP contribution in [0.1, 0.15) is 25.0 Å². The Morgan fingerprint density at radius 1 is 1.29 bits per heavy atom. The van der Waals surface area contributed by atoms with Crippen molar-refractivity contribution >= 4 is 11.8 Å². The first-order chi connectivity index (χ1) is 7.99. The molecule has 0 amide bonds. The van der Waals surface area contributed by atoms with E-state index in [-0.39, 0.29) is 17.8 Å². The molecule has 7 heteroatoms. The maximum absolute atomic E-state index is 12.6. The van der Waals surface area contributed by atoms with Crippen molar-refractivity contribution in [1.29, 1.82) is 0 Å². The quantitative estimate of drug-likeness (QED) is 0.860. The van der Waals surface area contributed by atoms with Crippen molar-refractivity contribution in [3.63, 3.8) is 0 Å². The van der Waals surface area contributed by atoms with Crippen LogP contribution in [0.5, 0.6) is 0 Å². The highest BCUT2D eigenvalue weighted by atomic mass is 19.4. The fourth-order valence-corrected chi connectivity index (χ4v) is 1.54. The molecular weight excluding hydrogens is 233 g/mol. The summed E-state index contributed by atoms with van der Waals surface area (Å²) in [7, 11) is 1.49. The monoisotopic (exact) mass is 246 g/mol. The Bertz CT molecular complexity index is 401. The van der Waals surface area contributed by atoms with Gasteiger partial charge in [-0.25, -0.2) is 4.98 Å². The van der Waals surface area contributed by atoms with Crippen molar-refractivity contribution in [2.45, 2.75) is 31.5 Å². The van der Waals surface area contributed by atoms with Gasteiger partial charge in [-0.2, -0.15) is 18.2 Å². The van der Waals surface area contributed by atoms with Crippen LogP contribution in [0, 0.1) is 0 Å². The number of nitrogens with one attached hydrogen (secondary N) is 2. The molecule has 1 aromatic rings. The van der Waals surface area contributed by atoms with Gasteiger partial charge in [-0.1, -0.05) is 0 Å². The lowest BCUT2D eigenvalue weighted by Crippen LogP contribution is -2.28. The van der Waals surface area contributed by atoms with Crippen LogP contribution in [0.15, 0.2) is 6.07 Å². The molecule has 94 valence electrons. The maximum atomic E-state index is 12.6. The predicted molar refractivity (Wildman–Crippen MR) is 57.8 cm³/mol. The summed E-state index contributed by atoms with van der Waals surface area (Å²) in [5.74, 6) is 0.197. The van der Waals surface area contributed by atoms with E-state index >= 15 is 0 Å². The van der Waals surface area contributed by atoms with Gasteiger partial charge in [0, 0.05) is 19.2 Å². The van der Waals surface area contributed by atoms with E-state index in [1.54, 1.807) is 0 Å². The highest BCUT2D eigenvalue weighted by Gasteiger charge is 2.34. The molecule has 1 aliphatic carbocycles. The van der Waals surface area contributed by atoms with Gasteiger partial charge >= 0.3 is 6.18 Å². The van der Waals surface area contributed by atoms with Gasteiger partial charge < -0.3 is 10.6 Å². The Hall–Kier alpha value is -1.53. The van der Waals surface area contributed by atoms with Crippen LogP contribution >= 0.6 is 0 Å². The van der Waals surface area contributed by atoms with E-state index in [2.05, 4.69) is 20.6 Å². The van der Waals surface area contributed by atoms with Crippen LogP contribution in [0.4, 0.5) is 24.9 Å². The number of anilines is 2. The number of aromatic nitrogens is 2. The number of hydrogen-bond donors (Lipinski definition) is 2. The lowest BCUT2D eigenvalue weighted by Gasteiger charge is -2.27. The molecule has 0 aliphatic heterocycles. The molecular formula is C10H13F3N4. The van der Waals surface area contributed by atoms with Crippen LogP contribution in [0.3, 0.4) is 0 Å². The SMILES string of the molecule is CNc1nc(NC2CCC2)cc(C(F)(F)F)n1. The Morgan fingerprint density at radius 2 is 2.00 bits per heavy atom. The molecule has 17 heavy (non-hydrogen) atoms. The van der Waals surface area contributed by atoms with Gasteiger partial charge in [0.2, 0.25) is 5.95 Å². The van der Waals surface area contributed by atoms with Crippen LogP contribution in [-0.2, 0) is 6.18 Å². The van der Waals surface area contributed by atoms with Gasteiger partial charge in [0.25, 0.3) is 0 Å². The molecule has 1 aliphatic rings. The molecule has 1 heterocycles. The fraction of sp³-hybridized carbons (Fsp3) is 0.600. The van der Waals surface area contributed by atoms with Gasteiger partial charge in [0.15, 0.2) is 5.69 Å². The third kappa shape index (κ3) is 2.78. The lowest BCUT2D eigenvalue weighted by atomic mass is 9.93. The molecule has 0 unspecified atom stereocenters. The topological polar surface area (TPSA) is 49.8 Å². The van der Waals surface area contributed by atoms with Crippen LogP contribution < -0.4 is 10.6 Å². The summed E-state index contributed by atoms with van der Waals surface area (Å²) >= 11 is 0. The number of nitrogens with zero attached hydrogens (tertiary/aromatic N) is 2. The van der Waals surface area contributed by atoms with E-state index in [1.165, 1.54) is 7.05 Å². The van der Waals surface area contributed by atoms with Crippen molar-refractivity contribution in [2.24, 2.45) is 0 Å². The van der Waals surface area contributed by atoms with E-state index in [0.717, 1.165) is 25.3 Å². The van der Waals surface area contributed by atoms with Crippen molar-refractivity contribution in [3.05, 3.63) is 11.8 Å². The highest BCUT2D eigenvalue weighted by molar-refractivity contribution is 5.43. The first kappa shape index (κ1) is 11.9. The highest BCUT2D eigenvalue weighted by Crippen LogP contribution is 2.30. The van der Waals surface area contributed by atoms with Crippen LogP contribution in [0.2, 0.25) is 0 Å². The van der Waals surface area contributed by atoms with E-state index in [9.17, 15) is 13.2 Å². The van der Waals surface area contributed by atoms with E-state index < -0.39 is 11.9 Å². The molecule has 0 aromatic carbocycles. The summed E-state index contributed by atoms with van der Waals surface area (Å²) < 4.78 is 37.7. The molecule has 1 saturated carbocycles. The van der Waals surface area contributed by atoms with Crippen LogP contribution in [0.25, 0.3) is 0 Å². The van der Waals surface area contributed by atoms with Crippen molar-refractivity contribution in [2.75, 3.05) is 17.7 Å². The second kappa shape index (κ2) is 4.38. The van der Waals surface area contributed by atoms with Gasteiger partial charge in [0.1, 0.15) is 5.82 Å². The number of halogens is 3. The van der Waals surface area contributed by atoms with E-state index in [1.807, 2.05) is 0 Å². The van der Waals surface area contributed by atoms with Gasteiger partial charge in [-0.05, 0) is 19.3 Å². The Kier molecular flexibility index (Phi) is 3.08. The maximum Gasteiger partial charge on any atom is 0.433 e. The molecule has 0 bridgehead atoms. The minimum Gasteiger partial charge on any atom is -0.367 e.